The van der Waals surface area contributed by atoms with E-state index in [0.29, 0.717) is 6.04 Å². The largest absolute Gasteiger partial charge is 0.493 e. The summed E-state index contributed by atoms with van der Waals surface area (Å²) in [6, 6.07) is 15.2. The Morgan fingerprint density at radius 1 is 1.08 bits per heavy atom. The maximum atomic E-state index is 5.40. The quantitative estimate of drug-likeness (QED) is 0.693. The van der Waals surface area contributed by atoms with Crippen LogP contribution in [-0.4, -0.2) is 25.7 Å². The van der Waals surface area contributed by atoms with E-state index in [-0.39, 0.29) is 0 Å². The number of aromatic nitrogens is 1. The fourth-order valence-corrected chi connectivity index (χ4v) is 4.05. The number of rotatable bonds is 6. The number of aromatic amines is 1. The van der Waals surface area contributed by atoms with Crippen molar-refractivity contribution in [2.45, 2.75) is 31.7 Å². The average Bonchev–Trinajstić information content (AvgIpc) is 3.07. The number of ether oxygens (including phenoxy) is 2. The molecule has 136 valence electrons. The van der Waals surface area contributed by atoms with Crippen molar-refractivity contribution in [3.05, 3.63) is 59.3 Å². The molecule has 4 rings (SSSR count). The Labute approximate surface area is 154 Å². The van der Waals surface area contributed by atoms with Crippen molar-refractivity contribution in [3.8, 4) is 11.5 Å². The third-order valence-corrected chi connectivity index (χ3v) is 5.37. The first-order valence-corrected chi connectivity index (χ1v) is 9.34. The molecule has 2 N–H and O–H groups in total. The molecule has 0 saturated heterocycles. The van der Waals surface area contributed by atoms with Crippen LogP contribution in [0.3, 0.4) is 0 Å². The van der Waals surface area contributed by atoms with E-state index in [1.807, 2.05) is 6.07 Å². The van der Waals surface area contributed by atoms with E-state index in [1.165, 1.54) is 47.0 Å². The number of fused-ring (bicyclic) bond motifs is 3. The molecule has 1 aliphatic carbocycles. The van der Waals surface area contributed by atoms with Crippen LogP contribution in [0, 0.1) is 0 Å². The van der Waals surface area contributed by atoms with Crippen LogP contribution in [0.5, 0.6) is 11.5 Å². The number of methoxy groups -OCH3 is 2. The van der Waals surface area contributed by atoms with Gasteiger partial charge in [-0.3, -0.25) is 0 Å². The Morgan fingerprint density at radius 2 is 1.92 bits per heavy atom. The number of para-hydroxylation sites is 1. The smallest absolute Gasteiger partial charge is 0.160 e. The van der Waals surface area contributed by atoms with Gasteiger partial charge < -0.3 is 19.8 Å². The second kappa shape index (κ2) is 7.42. The summed E-state index contributed by atoms with van der Waals surface area (Å²) in [4.78, 5) is 3.65. The molecule has 26 heavy (non-hydrogen) atoms. The molecule has 4 heteroatoms. The van der Waals surface area contributed by atoms with Crippen molar-refractivity contribution in [2.24, 2.45) is 0 Å². The van der Waals surface area contributed by atoms with E-state index >= 15 is 0 Å². The van der Waals surface area contributed by atoms with Gasteiger partial charge in [0.05, 0.1) is 14.2 Å². The lowest BCUT2D eigenvalue weighted by Crippen LogP contribution is -2.27. The van der Waals surface area contributed by atoms with Gasteiger partial charge in [-0.1, -0.05) is 24.3 Å². The minimum absolute atomic E-state index is 0.409. The van der Waals surface area contributed by atoms with E-state index in [4.69, 9.17) is 9.47 Å². The SMILES string of the molecule is COc1ccc(CCNC2CCCc3c2[nH]c2ccccc32)cc1OC. The van der Waals surface area contributed by atoms with Gasteiger partial charge in [0.2, 0.25) is 0 Å². The standard InChI is InChI=1S/C22H26N2O2/c1-25-20-11-10-15(14-21(20)26-2)12-13-23-19-9-5-7-17-16-6-3-4-8-18(16)24-22(17)19/h3-4,6,8,10-11,14,19,23-24H,5,7,9,12-13H2,1-2H3. The van der Waals surface area contributed by atoms with Crippen LogP contribution in [-0.2, 0) is 12.8 Å². The van der Waals surface area contributed by atoms with Crippen LogP contribution in [0.4, 0.5) is 0 Å². The number of hydrogen-bond acceptors (Lipinski definition) is 3. The lowest BCUT2D eigenvalue weighted by molar-refractivity contribution is 0.354. The van der Waals surface area contributed by atoms with Crippen LogP contribution in [0.25, 0.3) is 10.9 Å². The van der Waals surface area contributed by atoms with Crippen LogP contribution < -0.4 is 14.8 Å². The minimum Gasteiger partial charge on any atom is -0.493 e. The third kappa shape index (κ3) is 3.17. The fraction of sp³-hybridized carbons (Fsp3) is 0.364. The number of H-pyrrole nitrogens is 1. The zero-order valence-electron chi connectivity index (χ0n) is 15.5. The molecule has 0 aliphatic heterocycles. The molecule has 0 fully saturated rings. The minimum atomic E-state index is 0.409. The second-order valence-electron chi connectivity index (χ2n) is 6.90. The molecule has 1 aliphatic rings. The summed E-state index contributed by atoms with van der Waals surface area (Å²) in [6.45, 7) is 0.939. The van der Waals surface area contributed by atoms with Gasteiger partial charge in [0.15, 0.2) is 11.5 Å². The zero-order valence-corrected chi connectivity index (χ0v) is 15.5. The van der Waals surface area contributed by atoms with Crippen LogP contribution in [0.1, 0.15) is 35.7 Å². The Kier molecular flexibility index (Phi) is 4.85. The number of hydrogen-bond donors (Lipinski definition) is 2. The molecule has 1 heterocycles. The molecule has 0 amide bonds. The maximum absolute atomic E-state index is 5.40. The van der Waals surface area contributed by atoms with E-state index in [1.54, 1.807) is 14.2 Å². The highest BCUT2D eigenvalue weighted by molar-refractivity contribution is 5.85. The Balaban J connectivity index is 1.45. The van der Waals surface area contributed by atoms with Crippen molar-refractivity contribution in [3.63, 3.8) is 0 Å². The van der Waals surface area contributed by atoms with Gasteiger partial charge in [-0.25, -0.2) is 0 Å². The highest BCUT2D eigenvalue weighted by Gasteiger charge is 2.23. The summed E-state index contributed by atoms with van der Waals surface area (Å²) < 4.78 is 10.7. The van der Waals surface area contributed by atoms with E-state index in [2.05, 4.69) is 46.7 Å². The monoisotopic (exact) mass is 350 g/mol. The molecule has 1 aromatic heterocycles. The Hall–Kier alpha value is -2.46. The lowest BCUT2D eigenvalue weighted by Gasteiger charge is -2.24. The fourth-order valence-electron chi connectivity index (χ4n) is 4.05. The molecule has 3 aromatic rings. The van der Waals surface area contributed by atoms with Crippen molar-refractivity contribution in [2.75, 3.05) is 20.8 Å². The molecule has 1 unspecified atom stereocenters. The van der Waals surface area contributed by atoms with Gasteiger partial charge in [0, 0.05) is 22.6 Å². The van der Waals surface area contributed by atoms with E-state index < -0.39 is 0 Å². The number of nitrogens with one attached hydrogen (secondary N) is 2. The van der Waals surface area contributed by atoms with Crippen LogP contribution in [0.15, 0.2) is 42.5 Å². The topological polar surface area (TPSA) is 46.3 Å². The van der Waals surface area contributed by atoms with Crippen molar-refractivity contribution < 1.29 is 9.47 Å². The first kappa shape index (κ1) is 17.0. The summed E-state index contributed by atoms with van der Waals surface area (Å²) in [6.07, 6.45) is 4.56. The molecule has 0 saturated carbocycles. The molecular weight excluding hydrogens is 324 g/mol. The van der Waals surface area contributed by atoms with Gasteiger partial charge in [0.1, 0.15) is 0 Å². The lowest BCUT2D eigenvalue weighted by atomic mass is 9.91. The van der Waals surface area contributed by atoms with Gasteiger partial charge >= 0.3 is 0 Å². The summed E-state index contributed by atoms with van der Waals surface area (Å²) in [5.74, 6) is 1.57. The highest BCUT2D eigenvalue weighted by atomic mass is 16.5. The summed E-state index contributed by atoms with van der Waals surface area (Å²) in [5.41, 5.74) is 5.38. The van der Waals surface area contributed by atoms with Crippen molar-refractivity contribution in [1.29, 1.82) is 0 Å². The highest BCUT2D eigenvalue weighted by Crippen LogP contribution is 2.34. The number of aryl methyl sites for hydroxylation is 1. The van der Waals surface area contributed by atoms with Crippen molar-refractivity contribution >= 4 is 10.9 Å². The molecule has 4 nitrogen and oxygen atoms in total. The normalized spacial score (nSPS) is 16.5. The van der Waals surface area contributed by atoms with Gasteiger partial charge in [0.25, 0.3) is 0 Å². The summed E-state index contributed by atoms with van der Waals surface area (Å²) >= 11 is 0. The maximum Gasteiger partial charge on any atom is 0.160 e. The molecule has 2 aromatic carbocycles. The van der Waals surface area contributed by atoms with Gasteiger partial charge in [-0.05, 0) is 61.6 Å². The average molecular weight is 350 g/mol. The molecule has 0 spiro atoms. The Morgan fingerprint density at radius 3 is 2.77 bits per heavy atom. The zero-order chi connectivity index (χ0) is 17.9. The van der Waals surface area contributed by atoms with Crippen LogP contribution in [0.2, 0.25) is 0 Å². The van der Waals surface area contributed by atoms with Crippen molar-refractivity contribution in [1.82, 2.24) is 10.3 Å². The molecular formula is C22H26N2O2. The Bertz CT molecular complexity index is 900. The van der Waals surface area contributed by atoms with Crippen LogP contribution >= 0.6 is 0 Å². The number of benzene rings is 2. The van der Waals surface area contributed by atoms with Gasteiger partial charge in [-0.2, -0.15) is 0 Å². The molecule has 0 radical (unpaired) electrons. The van der Waals surface area contributed by atoms with Gasteiger partial charge in [-0.15, -0.1) is 0 Å². The first-order chi connectivity index (χ1) is 12.8. The molecule has 0 bridgehead atoms. The summed E-state index contributed by atoms with van der Waals surface area (Å²) in [7, 11) is 3.35. The van der Waals surface area contributed by atoms with E-state index in [0.717, 1.165) is 24.5 Å². The first-order valence-electron chi connectivity index (χ1n) is 9.34. The molecule has 1 atom stereocenters. The third-order valence-electron chi connectivity index (χ3n) is 5.37. The summed E-state index contributed by atoms with van der Waals surface area (Å²) in [5, 5.41) is 5.13. The predicted molar refractivity (Wildman–Crippen MR) is 105 cm³/mol. The van der Waals surface area contributed by atoms with E-state index in [9.17, 15) is 0 Å². The second-order valence-corrected chi connectivity index (χ2v) is 6.90. The predicted octanol–water partition coefficient (Wildman–Crippen LogP) is 4.39.